The predicted octanol–water partition coefficient (Wildman–Crippen LogP) is 1.69. The summed E-state index contributed by atoms with van der Waals surface area (Å²) in [6, 6.07) is 5.82. The molecule has 2 saturated heterocycles. The maximum absolute atomic E-state index is 6.09. The molecule has 7 heteroatoms. The molecule has 4 heterocycles. The van der Waals surface area contributed by atoms with Crippen LogP contribution in [0.3, 0.4) is 0 Å². The highest BCUT2D eigenvalue weighted by Crippen LogP contribution is 2.41. The number of methoxy groups -OCH3 is 1. The van der Waals surface area contributed by atoms with E-state index in [2.05, 4.69) is 19.9 Å². The average Bonchev–Trinajstić information content (AvgIpc) is 3.05. The second kappa shape index (κ2) is 6.93. The van der Waals surface area contributed by atoms with E-state index in [9.17, 15) is 0 Å². The van der Waals surface area contributed by atoms with Gasteiger partial charge in [-0.3, -0.25) is 4.98 Å². The average molecular weight is 342 g/mol. The number of ether oxygens (including phenoxy) is 3. The molecular formula is C18H22N4O3. The van der Waals surface area contributed by atoms with Crippen LogP contribution in [0.25, 0.3) is 0 Å². The Hall–Kier alpha value is -2.25. The molecule has 25 heavy (non-hydrogen) atoms. The molecule has 132 valence electrons. The fraction of sp³-hybridized carbons (Fsp3) is 0.500. The van der Waals surface area contributed by atoms with E-state index < -0.39 is 0 Å². The molecular weight excluding hydrogens is 320 g/mol. The first-order valence-electron chi connectivity index (χ1n) is 8.51. The molecule has 2 aromatic rings. The number of aromatic nitrogens is 3. The normalized spacial score (nSPS) is 21.3. The van der Waals surface area contributed by atoms with Crippen LogP contribution in [-0.4, -0.2) is 54.0 Å². The Labute approximate surface area is 147 Å². The summed E-state index contributed by atoms with van der Waals surface area (Å²) in [5.41, 5.74) is 0.978. The van der Waals surface area contributed by atoms with E-state index in [1.165, 1.54) is 6.33 Å². The van der Waals surface area contributed by atoms with Gasteiger partial charge in [-0.2, -0.15) is 0 Å². The van der Waals surface area contributed by atoms with E-state index in [0.29, 0.717) is 25.0 Å². The van der Waals surface area contributed by atoms with E-state index in [-0.39, 0.29) is 5.60 Å². The molecule has 2 aromatic heterocycles. The van der Waals surface area contributed by atoms with Crippen LogP contribution in [0.15, 0.2) is 36.9 Å². The smallest absolute Gasteiger partial charge is 0.218 e. The molecule has 2 fully saturated rings. The zero-order chi connectivity index (χ0) is 17.1. The van der Waals surface area contributed by atoms with Crippen LogP contribution in [0, 0.1) is 5.92 Å². The van der Waals surface area contributed by atoms with Gasteiger partial charge in [0.1, 0.15) is 17.7 Å². The van der Waals surface area contributed by atoms with Crippen molar-refractivity contribution < 1.29 is 14.2 Å². The molecule has 2 aliphatic heterocycles. The SMILES string of the molecule is COc1cc(N2CC3(C2)OCC[C@H]3COCc2cccnc2)ncn1. The van der Waals surface area contributed by atoms with E-state index in [1.54, 1.807) is 13.3 Å². The third-order valence-electron chi connectivity index (χ3n) is 4.99. The summed E-state index contributed by atoms with van der Waals surface area (Å²) >= 11 is 0. The molecule has 0 aromatic carbocycles. The number of rotatable bonds is 6. The molecule has 1 spiro atoms. The van der Waals surface area contributed by atoms with Crippen LogP contribution in [0.2, 0.25) is 0 Å². The largest absolute Gasteiger partial charge is 0.481 e. The second-order valence-corrected chi connectivity index (χ2v) is 6.55. The lowest BCUT2D eigenvalue weighted by molar-refractivity contribution is -0.0655. The monoisotopic (exact) mass is 342 g/mol. The maximum Gasteiger partial charge on any atom is 0.218 e. The van der Waals surface area contributed by atoms with Crippen LogP contribution in [0.4, 0.5) is 5.82 Å². The quantitative estimate of drug-likeness (QED) is 0.791. The zero-order valence-electron chi connectivity index (χ0n) is 14.3. The molecule has 0 radical (unpaired) electrons. The first-order valence-corrected chi connectivity index (χ1v) is 8.51. The zero-order valence-corrected chi connectivity index (χ0v) is 14.3. The van der Waals surface area contributed by atoms with Crippen molar-refractivity contribution in [3.05, 3.63) is 42.5 Å². The van der Waals surface area contributed by atoms with Crippen molar-refractivity contribution >= 4 is 5.82 Å². The first kappa shape index (κ1) is 16.2. The highest BCUT2D eigenvalue weighted by atomic mass is 16.5. The van der Waals surface area contributed by atoms with Crippen LogP contribution in [0.1, 0.15) is 12.0 Å². The van der Waals surface area contributed by atoms with Gasteiger partial charge in [-0.05, 0) is 18.1 Å². The first-order chi connectivity index (χ1) is 12.3. The Bertz CT molecular complexity index is 706. The number of hydrogen-bond acceptors (Lipinski definition) is 7. The Morgan fingerprint density at radius 1 is 1.36 bits per heavy atom. The molecule has 0 bridgehead atoms. The Morgan fingerprint density at radius 2 is 2.28 bits per heavy atom. The van der Waals surface area contributed by atoms with Crippen LogP contribution in [0.5, 0.6) is 5.88 Å². The summed E-state index contributed by atoms with van der Waals surface area (Å²) < 4.78 is 17.2. The van der Waals surface area contributed by atoms with Gasteiger partial charge in [0.05, 0.1) is 33.4 Å². The van der Waals surface area contributed by atoms with Crippen molar-refractivity contribution in [2.24, 2.45) is 5.92 Å². The molecule has 4 rings (SSSR count). The van der Waals surface area contributed by atoms with E-state index in [0.717, 1.165) is 37.5 Å². The third kappa shape index (κ3) is 3.29. The fourth-order valence-electron chi connectivity index (χ4n) is 3.55. The van der Waals surface area contributed by atoms with Gasteiger partial charge in [0.15, 0.2) is 0 Å². The van der Waals surface area contributed by atoms with Crippen LogP contribution in [-0.2, 0) is 16.1 Å². The Kier molecular flexibility index (Phi) is 4.50. The maximum atomic E-state index is 6.09. The van der Waals surface area contributed by atoms with Gasteiger partial charge in [-0.25, -0.2) is 9.97 Å². The lowest BCUT2D eigenvalue weighted by Crippen LogP contribution is -2.65. The van der Waals surface area contributed by atoms with E-state index >= 15 is 0 Å². The standard InChI is InChI=1S/C18H22N4O3/c1-23-17-7-16(20-13-21-17)22-11-18(12-22)15(4-6-25-18)10-24-9-14-3-2-5-19-8-14/h2-3,5,7-8,13,15H,4,6,9-12H2,1H3/t15-/m0/s1. The van der Waals surface area contributed by atoms with Gasteiger partial charge in [0.25, 0.3) is 0 Å². The highest BCUT2D eigenvalue weighted by Gasteiger charge is 2.53. The summed E-state index contributed by atoms with van der Waals surface area (Å²) in [6.45, 7) is 3.74. The van der Waals surface area contributed by atoms with Crippen molar-refractivity contribution in [2.75, 3.05) is 38.3 Å². The topological polar surface area (TPSA) is 69.6 Å². The minimum absolute atomic E-state index is 0.118. The Morgan fingerprint density at radius 3 is 3.08 bits per heavy atom. The van der Waals surface area contributed by atoms with Crippen molar-refractivity contribution in [2.45, 2.75) is 18.6 Å². The van der Waals surface area contributed by atoms with Gasteiger partial charge in [0, 0.05) is 31.0 Å². The molecule has 7 nitrogen and oxygen atoms in total. The molecule has 0 saturated carbocycles. The predicted molar refractivity (Wildman–Crippen MR) is 91.5 cm³/mol. The van der Waals surface area contributed by atoms with Gasteiger partial charge in [0.2, 0.25) is 5.88 Å². The number of nitrogens with zero attached hydrogens (tertiary/aromatic N) is 4. The Balaban J connectivity index is 1.33. The highest BCUT2D eigenvalue weighted by molar-refractivity contribution is 5.46. The lowest BCUT2D eigenvalue weighted by atomic mass is 9.81. The summed E-state index contributed by atoms with van der Waals surface area (Å²) in [5, 5.41) is 0. The van der Waals surface area contributed by atoms with Gasteiger partial charge in [-0.1, -0.05) is 6.07 Å². The minimum atomic E-state index is -0.118. The molecule has 0 amide bonds. The summed E-state index contributed by atoms with van der Waals surface area (Å²) in [7, 11) is 1.61. The van der Waals surface area contributed by atoms with E-state index in [4.69, 9.17) is 14.2 Å². The van der Waals surface area contributed by atoms with Crippen LogP contribution >= 0.6 is 0 Å². The molecule has 0 unspecified atom stereocenters. The molecule has 1 atom stereocenters. The van der Waals surface area contributed by atoms with Crippen molar-refractivity contribution in [3.8, 4) is 5.88 Å². The number of hydrogen-bond donors (Lipinski definition) is 0. The summed E-state index contributed by atoms with van der Waals surface area (Å²) in [4.78, 5) is 14.7. The summed E-state index contributed by atoms with van der Waals surface area (Å²) in [6.07, 6.45) is 6.18. The lowest BCUT2D eigenvalue weighted by Gasteiger charge is -2.50. The van der Waals surface area contributed by atoms with Crippen molar-refractivity contribution in [1.29, 1.82) is 0 Å². The van der Waals surface area contributed by atoms with Gasteiger partial charge >= 0.3 is 0 Å². The number of anilines is 1. The van der Waals surface area contributed by atoms with E-state index in [1.807, 2.05) is 24.4 Å². The van der Waals surface area contributed by atoms with Gasteiger partial charge < -0.3 is 19.1 Å². The fourth-order valence-corrected chi connectivity index (χ4v) is 3.55. The minimum Gasteiger partial charge on any atom is -0.481 e. The third-order valence-corrected chi connectivity index (χ3v) is 4.99. The summed E-state index contributed by atoms with van der Waals surface area (Å²) in [5.74, 6) is 1.86. The van der Waals surface area contributed by atoms with Crippen molar-refractivity contribution in [1.82, 2.24) is 15.0 Å². The van der Waals surface area contributed by atoms with Crippen LogP contribution < -0.4 is 9.64 Å². The molecule has 0 N–H and O–H groups in total. The van der Waals surface area contributed by atoms with Gasteiger partial charge in [-0.15, -0.1) is 0 Å². The molecule has 0 aliphatic carbocycles. The molecule has 2 aliphatic rings. The number of pyridine rings is 1. The second-order valence-electron chi connectivity index (χ2n) is 6.55. The van der Waals surface area contributed by atoms with Crippen molar-refractivity contribution in [3.63, 3.8) is 0 Å².